The Morgan fingerprint density at radius 3 is 2.48 bits per heavy atom. The van der Waals surface area contributed by atoms with Crippen LogP contribution in [0, 0.1) is 0 Å². The molecule has 0 spiro atoms. The summed E-state index contributed by atoms with van der Waals surface area (Å²) in [5.41, 5.74) is 0.429. The van der Waals surface area contributed by atoms with Crippen LogP contribution in [0.4, 0.5) is 18.0 Å². The zero-order chi connectivity index (χ0) is 16.9. The summed E-state index contributed by atoms with van der Waals surface area (Å²) in [5, 5.41) is 1.85. The summed E-state index contributed by atoms with van der Waals surface area (Å²) in [4.78, 5) is 15.2. The highest BCUT2D eigenvalue weighted by Crippen LogP contribution is 2.32. The maximum Gasteiger partial charge on any atom is 0.413 e. The first kappa shape index (κ1) is 17.1. The van der Waals surface area contributed by atoms with Crippen molar-refractivity contribution in [2.24, 2.45) is 0 Å². The molecule has 23 heavy (non-hydrogen) atoms. The van der Waals surface area contributed by atoms with Gasteiger partial charge in [-0.3, -0.25) is 0 Å². The van der Waals surface area contributed by atoms with Gasteiger partial charge in [-0.2, -0.15) is 13.2 Å². The number of carbonyl (C=O) groups excluding carboxylic acids is 1. The van der Waals surface area contributed by atoms with E-state index in [0.717, 1.165) is 12.3 Å². The third-order valence-corrected chi connectivity index (χ3v) is 3.11. The number of pyridine rings is 1. The molecule has 0 aliphatic rings. The summed E-state index contributed by atoms with van der Waals surface area (Å²) in [5.74, 6) is 0. The number of alkyl halides is 3. The van der Waals surface area contributed by atoms with Gasteiger partial charge in [0, 0.05) is 11.8 Å². The first-order valence-electron chi connectivity index (χ1n) is 6.51. The van der Waals surface area contributed by atoms with Crippen LogP contribution >= 0.6 is 11.6 Å². The lowest BCUT2D eigenvalue weighted by Crippen LogP contribution is -2.38. The summed E-state index contributed by atoms with van der Waals surface area (Å²) in [6.07, 6.45) is -4.91. The topological polar surface area (TPSA) is 51.2 Å². The lowest BCUT2D eigenvalue weighted by molar-refractivity contribution is -0.156. The summed E-state index contributed by atoms with van der Waals surface area (Å²) >= 11 is 5.55. The van der Waals surface area contributed by atoms with Gasteiger partial charge in [0.15, 0.2) is 6.04 Å². The number of nitrogens with zero attached hydrogens (tertiary/aromatic N) is 1. The number of amides is 1. The molecule has 1 N–H and O–H groups in total. The van der Waals surface area contributed by atoms with Crippen LogP contribution in [-0.2, 0) is 11.3 Å². The normalized spacial score (nSPS) is 12.5. The molecular weight excluding hydrogens is 333 g/mol. The SMILES string of the molecule is O=C(NC(c1ccc(Cl)nc1)C(F)(F)F)OCc1ccccc1. The number of benzene rings is 1. The van der Waals surface area contributed by atoms with Crippen LogP contribution in [-0.4, -0.2) is 17.3 Å². The van der Waals surface area contributed by atoms with Crippen molar-refractivity contribution in [3.8, 4) is 0 Å². The smallest absolute Gasteiger partial charge is 0.413 e. The number of halogens is 4. The molecule has 2 rings (SSSR count). The summed E-state index contributed by atoms with van der Waals surface area (Å²) in [6, 6.07) is 8.75. The minimum atomic E-state index is -4.69. The van der Waals surface area contributed by atoms with Crippen molar-refractivity contribution >= 4 is 17.7 Å². The second kappa shape index (κ2) is 7.32. The highest BCUT2D eigenvalue weighted by molar-refractivity contribution is 6.29. The fourth-order valence-electron chi connectivity index (χ4n) is 1.79. The van der Waals surface area contributed by atoms with Crippen LogP contribution in [0.2, 0.25) is 5.15 Å². The van der Waals surface area contributed by atoms with Gasteiger partial charge in [0.25, 0.3) is 0 Å². The molecule has 2 aromatic rings. The van der Waals surface area contributed by atoms with Gasteiger partial charge in [0.05, 0.1) is 0 Å². The molecule has 0 bridgehead atoms. The van der Waals surface area contributed by atoms with Gasteiger partial charge in [-0.05, 0) is 11.6 Å². The van der Waals surface area contributed by atoms with Gasteiger partial charge in [0.2, 0.25) is 0 Å². The molecule has 8 heteroatoms. The maximum atomic E-state index is 13.1. The Morgan fingerprint density at radius 2 is 1.91 bits per heavy atom. The van der Waals surface area contributed by atoms with E-state index in [1.165, 1.54) is 6.07 Å². The summed E-state index contributed by atoms with van der Waals surface area (Å²) in [6.45, 7) is -0.129. The van der Waals surface area contributed by atoms with Crippen molar-refractivity contribution in [2.75, 3.05) is 0 Å². The average Bonchev–Trinajstić information content (AvgIpc) is 2.52. The van der Waals surface area contributed by atoms with E-state index in [2.05, 4.69) is 4.98 Å². The van der Waals surface area contributed by atoms with Crippen molar-refractivity contribution in [2.45, 2.75) is 18.8 Å². The first-order valence-corrected chi connectivity index (χ1v) is 6.89. The predicted octanol–water partition coefficient (Wildman–Crippen LogP) is 4.26. The zero-order valence-corrected chi connectivity index (χ0v) is 12.4. The number of alkyl carbamates (subject to hydrolysis) is 1. The second-order valence-electron chi connectivity index (χ2n) is 4.59. The van der Waals surface area contributed by atoms with E-state index in [-0.39, 0.29) is 17.3 Å². The lowest BCUT2D eigenvalue weighted by atomic mass is 10.1. The van der Waals surface area contributed by atoms with Gasteiger partial charge in [-0.1, -0.05) is 48.0 Å². The first-order chi connectivity index (χ1) is 10.9. The minimum Gasteiger partial charge on any atom is -0.445 e. The maximum absolute atomic E-state index is 13.1. The monoisotopic (exact) mass is 344 g/mol. The Kier molecular flexibility index (Phi) is 5.44. The van der Waals surface area contributed by atoms with Gasteiger partial charge in [0.1, 0.15) is 11.8 Å². The van der Waals surface area contributed by atoms with E-state index in [0.29, 0.717) is 5.56 Å². The Labute approximate surface area is 135 Å². The van der Waals surface area contributed by atoms with Crippen LogP contribution in [0.15, 0.2) is 48.7 Å². The van der Waals surface area contributed by atoms with Crippen LogP contribution in [0.5, 0.6) is 0 Å². The number of aromatic nitrogens is 1. The fourth-order valence-corrected chi connectivity index (χ4v) is 1.91. The van der Waals surface area contributed by atoms with Crippen molar-refractivity contribution in [1.82, 2.24) is 10.3 Å². The molecule has 1 atom stereocenters. The largest absolute Gasteiger partial charge is 0.445 e. The molecule has 0 fully saturated rings. The van der Waals surface area contributed by atoms with E-state index in [1.54, 1.807) is 35.6 Å². The molecule has 1 aromatic heterocycles. The molecule has 0 aliphatic carbocycles. The third-order valence-electron chi connectivity index (χ3n) is 2.89. The second-order valence-corrected chi connectivity index (χ2v) is 4.98. The molecule has 0 saturated heterocycles. The lowest BCUT2D eigenvalue weighted by Gasteiger charge is -2.21. The Hall–Kier alpha value is -2.28. The van der Waals surface area contributed by atoms with Crippen LogP contribution in [0.3, 0.4) is 0 Å². The molecule has 1 amide bonds. The number of rotatable bonds is 4. The van der Waals surface area contributed by atoms with Crippen LogP contribution in [0.1, 0.15) is 17.2 Å². The molecule has 1 unspecified atom stereocenters. The van der Waals surface area contributed by atoms with E-state index in [1.807, 2.05) is 0 Å². The zero-order valence-electron chi connectivity index (χ0n) is 11.7. The summed E-state index contributed by atoms with van der Waals surface area (Å²) < 4.78 is 44.1. The van der Waals surface area contributed by atoms with Crippen LogP contribution < -0.4 is 5.32 Å². The van der Waals surface area contributed by atoms with Gasteiger partial charge < -0.3 is 10.1 Å². The Balaban J connectivity index is 2.03. The minimum absolute atomic E-state index is 0.0568. The molecule has 4 nitrogen and oxygen atoms in total. The summed E-state index contributed by atoms with van der Waals surface area (Å²) in [7, 11) is 0. The Bertz CT molecular complexity index is 648. The highest BCUT2D eigenvalue weighted by atomic mass is 35.5. The molecule has 122 valence electrons. The number of ether oxygens (including phenoxy) is 1. The Morgan fingerprint density at radius 1 is 1.22 bits per heavy atom. The number of hydrogen-bond acceptors (Lipinski definition) is 3. The molecule has 1 aromatic carbocycles. The molecule has 1 heterocycles. The van der Waals surface area contributed by atoms with Crippen molar-refractivity contribution in [3.63, 3.8) is 0 Å². The van der Waals surface area contributed by atoms with E-state index in [9.17, 15) is 18.0 Å². The fraction of sp³-hybridized carbons (Fsp3) is 0.200. The van der Waals surface area contributed by atoms with Crippen molar-refractivity contribution in [3.05, 3.63) is 64.9 Å². The van der Waals surface area contributed by atoms with Gasteiger partial charge in [-0.15, -0.1) is 0 Å². The van der Waals surface area contributed by atoms with Gasteiger partial charge in [-0.25, -0.2) is 9.78 Å². The standard InChI is InChI=1S/C15H12ClF3N2O2/c16-12-7-6-11(8-20-12)13(15(17,18)19)21-14(22)23-9-10-4-2-1-3-5-10/h1-8,13H,9H2,(H,21,22). The van der Waals surface area contributed by atoms with Gasteiger partial charge >= 0.3 is 12.3 Å². The van der Waals surface area contributed by atoms with E-state index < -0.39 is 18.3 Å². The quantitative estimate of drug-likeness (QED) is 0.843. The predicted molar refractivity (Wildman–Crippen MR) is 77.8 cm³/mol. The molecule has 0 saturated carbocycles. The molecule has 0 radical (unpaired) electrons. The third kappa shape index (κ3) is 5.14. The van der Waals surface area contributed by atoms with E-state index in [4.69, 9.17) is 16.3 Å². The van der Waals surface area contributed by atoms with Crippen molar-refractivity contribution in [1.29, 1.82) is 0 Å². The van der Waals surface area contributed by atoms with Crippen molar-refractivity contribution < 1.29 is 22.7 Å². The molecular formula is C15H12ClF3N2O2. The molecule has 0 aliphatic heterocycles. The number of nitrogens with one attached hydrogen (secondary N) is 1. The number of hydrogen-bond donors (Lipinski definition) is 1. The van der Waals surface area contributed by atoms with E-state index >= 15 is 0 Å². The van der Waals surface area contributed by atoms with Crippen LogP contribution in [0.25, 0.3) is 0 Å². The number of carbonyl (C=O) groups is 1. The average molecular weight is 345 g/mol. The highest BCUT2D eigenvalue weighted by Gasteiger charge is 2.42.